The van der Waals surface area contributed by atoms with E-state index in [4.69, 9.17) is 0 Å². The van der Waals surface area contributed by atoms with Crippen LogP contribution in [0.25, 0.3) is 0 Å². The standard InChI is InChI=1S/C17H25N3O2.ClH/c1-3-7-19-17(22)14-6-4-5-13(8-14)9-20-16(21)12(2)15-10-18-11-15;/h4-6,8,12,15,18H,3,7,9-11H2,1-2H3,(H,19,22)(H,20,21);1H. The molecule has 23 heavy (non-hydrogen) atoms. The molecule has 1 atom stereocenters. The van der Waals surface area contributed by atoms with E-state index in [9.17, 15) is 9.59 Å². The van der Waals surface area contributed by atoms with Crippen molar-refractivity contribution in [3.05, 3.63) is 35.4 Å². The van der Waals surface area contributed by atoms with Crippen LogP contribution >= 0.6 is 12.4 Å². The number of amides is 2. The van der Waals surface area contributed by atoms with Crippen molar-refractivity contribution in [3.63, 3.8) is 0 Å². The molecule has 0 aromatic heterocycles. The lowest BCUT2D eigenvalue weighted by atomic mass is 9.88. The van der Waals surface area contributed by atoms with Crippen LogP contribution in [0.3, 0.4) is 0 Å². The quantitative estimate of drug-likeness (QED) is 0.708. The van der Waals surface area contributed by atoms with Crippen LogP contribution in [-0.4, -0.2) is 31.4 Å². The fourth-order valence-electron chi connectivity index (χ4n) is 2.39. The van der Waals surface area contributed by atoms with Crippen LogP contribution in [0.2, 0.25) is 0 Å². The Morgan fingerprint density at radius 2 is 2.04 bits per heavy atom. The van der Waals surface area contributed by atoms with Crippen LogP contribution in [0.4, 0.5) is 0 Å². The van der Waals surface area contributed by atoms with Crippen molar-refractivity contribution in [2.45, 2.75) is 26.8 Å². The average Bonchev–Trinajstić information content (AvgIpc) is 2.48. The predicted molar refractivity (Wildman–Crippen MR) is 93.7 cm³/mol. The Labute approximate surface area is 144 Å². The Hall–Kier alpha value is -1.59. The maximum atomic E-state index is 12.1. The van der Waals surface area contributed by atoms with Crippen molar-refractivity contribution in [1.82, 2.24) is 16.0 Å². The molecule has 0 spiro atoms. The van der Waals surface area contributed by atoms with Crippen LogP contribution in [0, 0.1) is 11.8 Å². The van der Waals surface area contributed by atoms with E-state index in [1.165, 1.54) is 0 Å². The van der Waals surface area contributed by atoms with Crippen LogP contribution < -0.4 is 16.0 Å². The Kier molecular flexibility index (Phi) is 8.06. The lowest BCUT2D eigenvalue weighted by Crippen LogP contribution is -2.49. The van der Waals surface area contributed by atoms with E-state index in [1.807, 2.05) is 32.0 Å². The van der Waals surface area contributed by atoms with Gasteiger partial charge in [-0.2, -0.15) is 0 Å². The van der Waals surface area contributed by atoms with Gasteiger partial charge in [-0.05, 0) is 43.1 Å². The van der Waals surface area contributed by atoms with Crippen LogP contribution in [-0.2, 0) is 11.3 Å². The molecule has 128 valence electrons. The lowest BCUT2D eigenvalue weighted by molar-refractivity contribution is -0.126. The van der Waals surface area contributed by atoms with Crippen molar-refractivity contribution >= 4 is 24.2 Å². The van der Waals surface area contributed by atoms with E-state index in [-0.39, 0.29) is 30.1 Å². The fraction of sp³-hybridized carbons (Fsp3) is 0.529. The second kappa shape index (κ2) is 9.53. The zero-order valence-electron chi connectivity index (χ0n) is 13.7. The largest absolute Gasteiger partial charge is 0.352 e. The first-order valence-electron chi connectivity index (χ1n) is 7.97. The molecule has 1 heterocycles. The zero-order valence-corrected chi connectivity index (χ0v) is 14.5. The SMILES string of the molecule is CCCNC(=O)c1cccc(CNC(=O)C(C)C2CNC2)c1.Cl. The van der Waals surface area contributed by atoms with Gasteiger partial charge in [-0.1, -0.05) is 26.0 Å². The molecule has 1 fully saturated rings. The Bertz CT molecular complexity index is 532. The highest BCUT2D eigenvalue weighted by molar-refractivity contribution is 5.94. The third-order valence-corrected chi connectivity index (χ3v) is 4.13. The zero-order chi connectivity index (χ0) is 15.9. The summed E-state index contributed by atoms with van der Waals surface area (Å²) in [4.78, 5) is 24.0. The molecule has 1 saturated heterocycles. The maximum absolute atomic E-state index is 12.1. The van der Waals surface area contributed by atoms with Gasteiger partial charge >= 0.3 is 0 Å². The molecule has 2 amide bonds. The molecule has 0 aliphatic carbocycles. The van der Waals surface area contributed by atoms with Crippen LogP contribution in [0.15, 0.2) is 24.3 Å². The summed E-state index contributed by atoms with van der Waals surface area (Å²) in [5.41, 5.74) is 1.58. The average molecular weight is 340 g/mol. The minimum Gasteiger partial charge on any atom is -0.352 e. The molecule has 0 bridgehead atoms. The van der Waals surface area contributed by atoms with Crippen molar-refractivity contribution in [1.29, 1.82) is 0 Å². The molecule has 3 N–H and O–H groups in total. The van der Waals surface area contributed by atoms with Gasteiger partial charge in [0, 0.05) is 24.6 Å². The molecule has 1 aromatic rings. The summed E-state index contributed by atoms with van der Waals surface area (Å²) in [5.74, 6) is 0.472. The van der Waals surface area contributed by atoms with Gasteiger partial charge in [0.2, 0.25) is 5.91 Å². The number of carbonyl (C=O) groups is 2. The van der Waals surface area contributed by atoms with Gasteiger partial charge in [-0.3, -0.25) is 9.59 Å². The second-order valence-electron chi connectivity index (χ2n) is 5.88. The molecule has 1 aliphatic rings. The number of halogens is 1. The van der Waals surface area contributed by atoms with Gasteiger partial charge in [0.15, 0.2) is 0 Å². The molecule has 6 heteroatoms. The molecule has 0 saturated carbocycles. The van der Waals surface area contributed by atoms with E-state index in [0.29, 0.717) is 24.6 Å². The first-order chi connectivity index (χ1) is 10.6. The van der Waals surface area contributed by atoms with E-state index >= 15 is 0 Å². The van der Waals surface area contributed by atoms with E-state index in [2.05, 4.69) is 16.0 Å². The van der Waals surface area contributed by atoms with Crippen molar-refractivity contribution in [2.75, 3.05) is 19.6 Å². The fourth-order valence-corrected chi connectivity index (χ4v) is 2.39. The summed E-state index contributed by atoms with van der Waals surface area (Å²) in [6.07, 6.45) is 0.912. The first kappa shape index (κ1) is 19.5. The van der Waals surface area contributed by atoms with Gasteiger partial charge < -0.3 is 16.0 Å². The van der Waals surface area contributed by atoms with Gasteiger partial charge in [0.1, 0.15) is 0 Å². The van der Waals surface area contributed by atoms with Crippen molar-refractivity contribution in [2.24, 2.45) is 11.8 Å². The molecule has 1 unspecified atom stereocenters. The summed E-state index contributed by atoms with van der Waals surface area (Å²) in [6, 6.07) is 7.40. The minimum absolute atomic E-state index is 0. The van der Waals surface area contributed by atoms with Gasteiger partial charge in [0.25, 0.3) is 5.91 Å². The summed E-state index contributed by atoms with van der Waals surface area (Å²) in [5, 5.41) is 9.00. The molecule has 5 nitrogen and oxygen atoms in total. The normalized spacial score (nSPS) is 15.0. The molecule has 2 rings (SSSR count). The highest BCUT2D eigenvalue weighted by Crippen LogP contribution is 2.16. The molecule has 1 aliphatic heterocycles. The van der Waals surface area contributed by atoms with Crippen LogP contribution in [0.5, 0.6) is 0 Å². The van der Waals surface area contributed by atoms with E-state index in [0.717, 1.165) is 25.1 Å². The second-order valence-corrected chi connectivity index (χ2v) is 5.88. The number of rotatable bonds is 7. The number of carbonyl (C=O) groups excluding carboxylic acids is 2. The number of hydrogen-bond donors (Lipinski definition) is 3. The highest BCUT2D eigenvalue weighted by Gasteiger charge is 2.28. The third-order valence-electron chi connectivity index (χ3n) is 4.13. The number of benzene rings is 1. The Morgan fingerprint density at radius 1 is 1.30 bits per heavy atom. The van der Waals surface area contributed by atoms with Crippen molar-refractivity contribution < 1.29 is 9.59 Å². The van der Waals surface area contributed by atoms with Crippen LogP contribution in [0.1, 0.15) is 36.2 Å². The summed E-state index contributed by atoms with van der Waals surface area (Å²) < 4.78 is 0. The molecular formula is C17H26ClN3O2. The van der Waals surface area contributed by atoms with E-state index in [1.54, 1.807) is 6.07 Å². The molecular weight excluding hydrogens is 314 g/mol. The number of hydrogen-bond acceptors (Lipinski definition) is 3. The Balaban J connectivity index is 0.00000264. The molecule has 0 radical (unpaired) electrons. The van der Waals surface area contributed by atoms with E-state index < -0.39 is 0 Å². The van der Waals surface area contributed by atoms with Gasteiger partial charge in [0.05, 0.1) is 0 Å². The lowest BCUT2D eigenvalue weighted by Gasteiger charge is -2.31. The van der Waals surface area contributed by atoms with Gasteiger partial charge in [-0.15, -0.1) is 12.4 Å². The number of nitrogens with one attached hydrogen (secondary N) is 3. The topological polar surface area (TPSA) is 70.2 Å². The monoisotopic (exact) mass is 339 g/mol. The maximum Gasteiger partial charge on any atom is 0.251 e. The summed E-state index contributed by atoms with van der Waals surface area (Å²) >= 11 is 0. The predicted octanol–water partition coefficient (Wildman–Crippen LogP) is 1.72. The van der Waals surface area contributed by atoms with Gasteiger partial charge in [-0.25, -0.2) is 0 Å². The summed E-state index contributed by atoms with van der Waals surface area (Å²) in [6.45, 7) is 6.95. The van der Waals surface area contributed by atoms with Crippen molar-refractivity contribution in [3.8, 4) is 0 Å². The smallest absolute Gasteiger partial charge is 0.251 e. The first-order valence-corrected chi connectivity index (χ1v) is 7.97. The summed E-state index contributed by atoms with van der Waals surface area (Å²) in [7, 11) is 0. The highest BCUT2D eigenvalue weighted by atomic mass is 35.5. The third kappa shape index (κ3) is 5.52. The minimum atomic E-state index is -0.0658. The molecule has 1 aromatic carbocycles. The Morgan fingerprint density at radius 3 is 2.65 bits per heavy atom.